The molecule has 1 aromatic carbocycles. The summed E-state index contributed by atoms with van der Waals surface area (Å²) in [6.07, 6.45) is 2.14. The summed E-state index contributed by atoms with van der Waals surface area (Å²) in [6.45, 7) is 0. The lowest BCUT2D eigenvalue weighted by Gasteiger charge is -2.14. The monoisotopic (exact) mass is 279 g/mol. The maximum Gasteiger partial charge on any atom is 0.310 e. The lowest BCUT2D eigenvalue weighted by atomic mass is 10.1. The van der Waals surface area contributed by atoms with Crippen LogP contribution in [0.1, 0.15) is 29.6 Å². The second-order valence-electron chi connectivity index (χ2n) is 4.83. The van der Waals surface area contributed by atoms with Crippen molar-refractivity contribution in [3.63, 3.8) is 0 Å². The fraction of sp³-hybridized carbons (Fsp3) is 0.462. The number of rotatable bonds is 4. The minimum Gasteiger partial charge on any atom is -0.483 e. The van der Waals surface area contributed by atoms with E-state index in [1.807, 2.05) is 0 Å². The first-order chi connectivity index (χ1) is 9.51. The van der Waals surface area contributed by atoms with Crippen molar-refractivity contribution in [1.29, 1.82) is 0 Å². The first-order valence-corrected chi connectivity index (χ1v) is 6.44. The summed E-state index contributed by atoms with van der Waals surface area (Å²) in [5.41, 5.74) is 5.99. The molecule has 1 saturated carbocycles. The van der Waals surface area contributed by atoms with Crippen LogP contribution in [0.15, 0.2) is 18.2 Å². The van der Waals surface area contributed by atoms with Gasteiger partial charge in [0.25, 0.3) is 5.91 Å². The third-order valence-corrected chi connectivity index (χ3v) is 3.36. The molecule has 7 nitrogen and oxygen atoms in total. The Morgan fingerprint density at radius 2 is 2.25 bits per heavy atom. The number of hydrogen-bond donors (Lipinski definition) is 2. The van der Waals surface area contributed by atoms with Gasteiger partial charge in [-0.15, -0.1) is 0 Å². The lowest BCUT2D eigenvalue weighted by Crippen LogP contribution is -2.20. The molecular formula is C13H17N3O4. The normalized spacial score (nSPS) is 21.5. The highest BCUT2D eigenvalue weighted by Crippen LogP contribution is 2.32. The van der Waals surface area contributed by atoms with E-state index in [4.69, 9.17) is 10.5 Å². The van der Waals surface area contributed by atoms with E-state index >= 15 is 0 Å². The van der Waals surface area contributed by atoms with Crippen molar-refractivity contribution in [2.45, 2.75) is 31.4 Å². The molecule has 0 saturated heterocycles. The minimum atomic E-state index is -0.516. The first-order valence-electron chi connectivity index (χ1n) is 6.44. The van der Waals surface area contributed by atoms with E-state index < -0.39 is 4.92 Å². The number of benzene rings is 1. The van der Waals surface area contributed by atoms with Crippen LogP contribution in [0.3, 0.4) is 0 Å². The molecule has 0 spiro atoms. The predicted molar refractivity (Wildman–Crippen MR) is 72.7 cm³/mol. The van der Waals surface area contributed by atoms with Crippen molar-refractivity contribution in [1.82, 2.24) is 5.32 Å². The molecule has 0 bridgehead atoms. The molecule has 0 aliphatic heterocycles. The maximum atomic E-state index is 11.6. The van der Waals surface area contributed by atoms with Gasteiger partial charge >= 0.3 is 5.69 Å². The van der Waals surface area contributed by atoms with E-state index in [0.29, 0.717) is 12.0 Å². The van der Waals surface area contributed by atoms with Crippen LogP contribution in [-0.4, -0.2) is 30.0 Å². The molecule has 2 unspecified atom stereocenters. The number of ether oxygens (including phenoxy) is 1. The van der Waals surface area contributed by atoms with Gasteiger partial charge in [0.15, 0.2) is 5.75 Å². The number of carbonyl (C=O) groups is 1. The Morgan fingerprint density at radius 3 is 2.80 bits per heavy atom. The lowest BCUT2D eigenvalue weighted by molar-refractivity contribution is -0.386. The minimum absolute atomic E-state index is 0.0705. The van der Waals surface area contributed by atoms with Gasteiger partial charge in [-0.2, -0.15) is 0 Å². The SMILES string of the molecule is CNC(=O)c1ccc([N+](=O)[O-])c(OC2CCC(N)C2)c1. The molecule has 2 atom stereocenters. The highest BCUT2D eigenvalue weighted by atomic mass is 16.6. The van der Waals surface area contributed by atoms with Crippen LogP contribution >= 0.6 is 0 Å². The van der Waals surface area contributed by atoms with Crippen LogP contribution in [0.4, 0.5) is 5.69 Å². The quantitative estimate of drug-likeness (QED) is 0.636. The zero-order valence-electron chi connectivity index (χ0n) is 11.2. The van der Waals surface area contributed by atoms with E-state index in [0.717, 1.165) is 12.8 Å². The van der Waals surface area contributed by atoms with Crippen LogP contribution in [0.2, 0.25) is 0 Å². The summed E-state index contributed by atoms with van der Waals surface area (Å²) in [5, 5.41) is 13.5. The Bertz CT molecular complexity index is 532. The first kappa shape index (κ1) is 14.3. The number of amides is 1. The van der Waals surface area contributed by atoms with Gasteiger partial charge in [0.2, 0.25) is 0 Å². The van der Waals surface area contributed by atoms with E-state index in [9.17, 15) is 14.9 Å². The number of nitro groups is 1. The predicted octanol–water partition coefficient (Wildman–Crippen LogP) is 1.21. The van der Waals surface area contributed by atoms with Crippen LogP contribution < -0.4 is 15.8 Å². The summed E-state index contributed by atoms with van der Waals surface area (Å²) >= 11 is 0. The van der Waals surface area contributed by atoms with Crippen molar-refractivity contribution < 1.29 is 14.5 Å². The molecule has 1 aliphatic rings. The Hall–Kier alpha value is -2.15. The van der Waals surface area contributed by atoms with Crippen LogP contribution in [0, 0.1) is 10.1 Å². The molecular weight excluding hydrogens is 262 g/mol. The summed E-state index contributed by atoms with van der Waals surface area (Å²) in [4.78, 5) is 22.1. The zero-order chi connectivity index (χ0) is 14.7. The highest BCUT2D eigenvalue weighted by Gasteiger charge is 2.26. The number of nitrogens with zero attached hydrogens (tertiary/aromatic N) is 1. The molecule has 20 heavy (non-hydrogen) atoms. The summed E-state index contributed by atoms with van der Waals surface area (Å²) in [6, 6.07) is 4.17. The Balaban J connectivity index is 2.27. The van der Waals surface area contributed by atoms with Gasteiger partial charge in [0.05, 0.1) is 4.92 Å². The van der Waals surface area contributed by atoms with Crippen molar-refractivity contribution in [2.75, 3.05) is 7.05 Å². The second-order valence-corrected chi connectivity index (χ2v) is 4.83. The Labute approximate surface area is 116 Å². The van der Waals surface area contributed by atoms with Crippen molar-refractivity contribution in [3.8, 4) is 5.75 Å². The number of nitrogens with two attached hydrogens (primary N) is 1. The third kappa shape index (κ3) is 3.05. The van der Waals surface area contributed by atoms with E-state index in [1.165, 1.54) is 25.2 Å². The van der Waals surface area contributed by atoms with Gasteiger partial charge < -0.3 is 15.8 Å². The fourth-order valence-electron chi connectivity index (χ4n) is 2.30. The van der Waals surface area contributed by atoms with Crippen LogP contribution in [0.5, 0.6) is 5.75 Å². The molecule has 0 radical (unpaired) electrons. The van der Waals surface area contributed by atoms with Crippen LogP contribution in [-0.2, 0) is 0 Å². The molecule has 2 rings (SSSR count). The molecule has 0 aromatic heterocycles. The van der Waals surface area contributed by atoms with E-state index in [2.05, 4.69) is 5.32 Å². The number of nitro benzene ring substituents is 1. The van der Waals surface area contributed by atoms with Crippen LogP contribution in [0.25, 0.3) is 0 Å². The zero-order valence-corrected chi connectivity index (χ0v) is 11.2. The Kier molecular flexibility index (Phi) is 4.19. The molecule has 7 heteroatoms. The van der Waals surface area contributed by atoms with Crippen molar-refractivity contribution in [3.05, 3.63) is 33.9 Å². The average Bonchev–Trinajstić information content (AvgIpc) is 2.82. The standard InChI is InChI=1S/C13H17N3O4/c1-15-13(17)8-2-5-11(16(18)19)12(6-8)20-10-4-3-9(14)7-10/h2,5-6,9-10H,3-4,7,14H2,1H3,(H,15,17). The van der Waals surface area contributed by atoms with Gasteiger partial charge in [0, 0.05) is 30.8 Å². The number of nitrogens with one attached hydrogen (secondary N) is 1. The average molecular weight is 279 g/mol. The van der Waals surface area contributed by atoms with Gasteiger partial charge in [-0.3, -0.25) is 14.9 Å². The van der Waals surface area contributed by atoms with Crippen molar-refractivity contribution >= 4 is 11.6 Å². The highest BCUT2D eigenvalue weighted by molar-refractivity contribution is 5.94. The number of hydrogen-bond acceptors (Lipinski definition) is 5. The van der Waals surface area contributed by atoms with Gasteiger partial charge in [-0.25, -0.2) is 0 Å². The molecule has 1 fully saturated rings. The Morgan fingerprint density at radius 1 is 1.50 bits per heavy atom. The summed E-state index contributed by atoms with van der Waals surface area (Å²) in [5.74, 6) is -0.192. The largest absolute Gasteiger partial charge is 0.483 e. The molecule has 3 N–H and O–H groups in total. The maximum absolute atomic E-state index is 11.6. The third-order valence-electron chi connectivity index (χ3n) is 3.36. The van der Waals surface area contributed by atoms with Crippen molar-refractivity contribution in [2.24, 2.45) is 5.73 Å². The molecule has 0 heterocycles. The second kappa shape index (κ2) is 5.87. The van der Waals surface area contributed by atoms with Gasteiger partial charge in [0.1, 0.15) is 6.10 Å². The van der Waals surface area contributed by atoms with E-state index in [1.54, 1.807) is 0 Å². The molecule has 1 aliphatic carbocycles. The molecule has 108 valence electrons. The van der Waals surface area contributed by atoms with Gasteiger partial charge in [-0.1, -0.05) is 0 Å². The summed E-state index contributed by atoms with van der Waals surface area (Å²) < 4.78 is 5.67. The smallest absolute Gasteiger partial charge is 0.310 e. The fourth-order valence-corrected chi connectivity index (χ4v) is 2.30. The summed E-state index contributed by atoms with van der Waals surface area (Å²) in [7, 11) is 1.50. The van der Waals surface area contributed by atoms with E-state index in [-0.39, 0.29) is 29.5 Å². The topological polar surface area (TPSA) is 107 Å². The molecule has 1 aromatic rings. The molecule has 1 amide bonds. The number of carbonyl (C=O) groups excluding carboxylic acids is 1. The van der Waals surface area contributed by atoms with Gasteiger partial charge in [-0.05, 0) is 25.3 Å².